The summed E-state index contributed by atoms with van der Waals surface area (Å²) in [5, 5.41) is 13.9. The Morgan fingerprint density at radius 3 is 1.15 bits per heavy atom. The predicted octanol–water partition coefficient (Wildman–Crippen LogP) is 20.2. The van der Waals surface area contributed by atoms with Gasteiger partial charge in [0.25, 0.3) is 7.82 Å². The lowest BCUT2D eigenvalue weighted by Gasteiger charge is -2.29. The lowest BCUT2D eigenvalue weighted by Crippen LogP contribution is -2.45. The summed E-state index contributed by atoms with van der Waals surface area (Å²) in [7, 11) is 1.22. The standard InChI is InChI=1S/C72H123N2O6P/c1-6-8-10-12-14-16-18-20-22-24-26-28-29-30-31-32-33-34-35-36-37-38-39-40-41-42-43-44-45-46-48-50-52-54-56-58-60-62-64-66-72(76)73-70(69-80-81(77,78)79-68-67-74(3,4)5)71(75)65-63-61-59-57-55-53-51-49-47-27-25-23-21-19-17-15-13-11-9-7-2/h8,10,14,16,20,22,26,28,30-31,33-34,36-37,39-40,42-43,45-46,55,57,63,65,70-71,75H,6-7,9,11-13,15,17-19,21,23-25,27,29,32,35,38,41,44,47-54,56,58-62,64,66-69H2,1-5H3,(H-,73,76,77,78)/b10-8-,16-14-,22-20-,28-26-,31-30-,34-33-,37-36-,40-39-,43-42-,46-45-,57-55+,65-63+. The van der Waals surface area contributed by atoms with Crippen LogP contribution in [0, 0.1) is 0 Å². The van der Waals surface area contributed by atoms with E-state index in [1.54, 1.807) is 6.08 Å². The van der Waals surface area contributed by atoms with Gasteiger partial charge in [-0.25, -0.2) is 0 Å². The highest BCUT2D eigenvalue weighted by molar-refractivity contribution is 7.45. The topological polar surface area (TPSA) is 108 Å². The number of hydrogen-bond acceptors (Lipinski definition) is 6. The van der Waals surface area contributed by atoms with Gasteiger partial charge < -0.3 is 28.8 Å². The molecule has 0 radical (unpaired) electrons. The minimum atomic E-state index is -4.62. The highest BCUT2D eigenvalue weighted by Crippen LogP contribution is 2.38. The number of likely N-dealkylation sites (N-methyl/N-ethyl adjacent to an activating group) is 1. The molecule has 81 heavy (non-hydrogen) atoms. The molecule has 3 atom stereocenters. The molecule has 0 aliphatic heterocycles. The Morgan fingerprint density at radius 1 is 0.444 bits per heavy atom. The number of carbonyl (C=O) groups is 1. The first-order chi connectivity index (χ1) is 39.5. The van der Waals surface area contributed by atoms with Gasteiger partial charge in [0.2, 0.25) is 5.91 Å². The van der Waals surface area contributed by atoms with Crippen LogP contribution in [0.1, 0.15) is 251 Å². The number of aliphatic hydroxyl groups is 1. The summed E-state index contributed by atoms with van der Waals surface area (Å²) in [5.74, 6) is -0.220. The van der Waals surface area contributed by atoms with Crippen LogP contribution in [0.2, 0.25) is 0 Å². The normalized spacial score (nSPS) is 14.7. The summed E-state index contributed by atoms with van der Waals surface area (Å²) < 4.78 is 23.4. The number of amides is 1. The quantitative estimate of drug-likeness (QED) is 0.0272. The van der Waals surface area contributed by atoms with E-state index in [-0.39, 0.29) is 12.5 Å². The molecule has 0 aliphatic carbocycles. The zero-order valence-corrected chi connectivity index (χ0v) is 53.6. The van der Waals surface area contributed by atoms with Crippen molar-refractivity contribution in [2.75, 3.05) is 40.9 Å². The van der Waals surface area contributed by atoms with Crippen LogP contribution in [0.25, 0.3) is 0 Å². The molecule has 0 aromatic heterocycles. The number of aliphatic hydroxyl groups excluding tert-OH is 1. The molecule has 0 rings (SSSR count). The van der Waals surface area contributed by atoms with E-state index >= 15 is 0 Å². The van der Waals surface area contributed by atoms with Crippen molar-refractivity contribution < 1.29 is 32.9 Å². The van der Waals surface area contributed by atoms with Gasteiger partial charge in [0, 0.05) is 6.42 Å². The van der Waals surface area contributed by atoms with E-state index in [2.05, 4.69) is 153 Å². The lowest BCUT2D eigenvalue weighted by molar-refractivity contribution is -0.870. The first-order valence-electron chi connectivity index (χ1n) is 32.7. The summed E-state index contributed by atoms with van der Waals surface area (Å²) in [6, 6.07) is -0.919. The fourth-order valence-corrected chi connectivity index (χ4v) is 9.45. The zero-order chi connectivity index (χ0) is 59.1. The molecule has 0 saturated heterocycles. The Hall–Kier alpha value is -3.62. The number of allylic oxidation sites excluding steroid dienone is 23. The molecular weight excluding hydrogens is 1020 g/mol. The van der Waals surface area contributed by atoms with E-state index in [0.29, 0.717) is 17.4 Å². The first-order valence-corrected chi connectivity index (χ1v) is 34.2. The molecule has 0 aromatic carbocycles. The second kappa shape index (κ2) is 61.0. The molecule has 0 heterocycles. The molecule has 8 nitrogen and oxygen atoms in total. The minimum Gasteiger partial charge on any atom is -0.756 e. The maximum Gasteiger partial charge on any atom is 0.268 e. The molecule has 462 valence electrons. The molecule has 0 bridgehead atoms. The third-order valence-electron chi connectivity index (χ3n) is 13.8. The van der Waals surface area contributed by atoms with Crippen LogP contribution in [-0.2, 0) is 18.4 Å². The second-order valence-electron chi connectivity index (χ2n) is 22.7. The molecule has 9 heteroatoms. The number of phosphoric acid groups is 1. The third kappa shape index (κ3) is 63.8. The van der Waals surface area contributed by atoms with Crippen LogP contribution in [-0.4, -0.2) is 68.5 Å². The average Bonchev–Trinajstić information content (AvgIpc) is 3.43. The number of phosphoric ester groups is 1. The first kappa shape index (κ1) is 77.4. The van der Waals surface area contributed by atoms with Gasteiger partial charge in [-0.15, -0.1) is 0 Å². The Bertz CT molecular complexity index is 1830. The number of carbonyl (C=O) groups excluding carboxylic acids is 1. The number of hydrogen-bond donors (Lipinski definition) is 2. The maximum absolute atomic E-state index is 13.0. The largest absolute Gasteiger partial charge is 0.756 e. The number of rotatable bonds is 58. The van der Waals surface area contributed by atoms with Crippen molar-refractivity contribution in [3.63, 3.8) is 0 Å². The Morgan fingerprint density at radius 2 is 0.765 bits per heavy atom. The number of nitrogens with zero attached hydrogens (tertiary/aromatic N) is 1. The summed E-state index contributed by atoms with van der Waals surface area (Å²) in [6.07, 6.45) is 93.7. The molecule has 0 saturated carbocycles. The van der Waals surface area contributed by atoms with Gasteiger partial charge in [-0.05, 0) is 109 Å². The lowest BCUT2D eigenvalue weighted by atomic mass is 10.0. The molecule has 0 spiro atoms. The molecule has 1 amide bonds. The van der Waals surface area contributed by atoms with Gasteiger partial charge in [0.15, 0.2) is 0 Å². The van der Waals surface area contributed by atoms with Gasteiger partial charge in [-0.2, -0.15) is 0 Å². The molecule has 0 fully saturated rings. The highest BCUT2D eigenvalue weighted by atomic mass is 31.2. The predicted molar refractivity (Wildman–Crippen MR) is 352 cm³/mol. The van der Waals surface area contributed by atoms with Crippen LogP contribution in [0.3, 0.4) is 0 Å². The fraction of sp³-hybridized carbons (Fsp3) is 0.653. The van der Waals surface area contributed by atoms with E-state index in [4.69, 9.17) is 9.05 Å². The van der Waals surface area contributed by atoms with Gasteiger partial charge in [-0.1, -0.05) is 282 Å². The minimum absolute atomic E-state index is 0.0151. The molecular formula is C72H123N2O6P. The van der Waals surface area contributed by atoms with Crippen LogP contribution < -0.4 is 10.2 Å². The van der Waals surface area contributed by atoms with Gasteiger partial charge in [0.05, 0.1) is 39.9 Å². The maximum atomic E-state index is 13.0. The number of quaternary nitrogens is 1. The molecule has 0 aliphatic rings. The van der Waals surface area contributed by atoms with Crippen molar-refractivity contribution in [3.05, 3.63) is 146 Å². The van der Waals surface area contributed by atoms with Gasteiger partial charge in [0.1, 0.15) is 13.2 Å². The van der Waals surface area contributed by atoms with Crippen molar-refractivity contribution in [1.29, 1.82) is 0 Å². The van der Waals surface area contributed by atoms with Crippen molar-refractivity contribution in [3.8, 4) is 0 Å². The Balaban J connectivity index is 4.20. The van der Waals surface area contributed by atoms with Crippen LogP contribution in [0.15, 0.2) is 146 Å². The van der Waals surface area contributed by atoms with Crippen LogP contribution in [0.4, 0.5) is 0 Å². The summed E-state index contributed by atoms with van der Waals surface area (Å²) in [5.41, 5.74) is 0. The second-order valence-corrected chi connectivity index (χ2v) is 24.1. The van der Waals surface area contributed by atoms with Crippen molar-refractivity contribution in [2.24, 2.45) is 0 Å². The summed E-state index contributed by atoms with van der Waals surface area (Å²) in [6.45, 7) is 4.51. The zero-order valence-electron chi connectivity index (χ0n) is 52.7. The van der Waals surface area contributed by atoms with Crippen LogP contribution >= 0.6 is 7.82 Å². The molecule has 3 unspecified atom stereocenters. The van der Waals surface area contributed by atoms with Gasteiger partial charge in [-0.3, -0.25) is 9.36 Å². The SMILES string of the molecule is CC/C=C\C/C=C\C/C=C\C/C=C\C/C=C\C/C=C\C/C=C\C/C=C\C/C=C\C/C=C\CCCCCCCCCCC(=O)NC(COP(=O)([O-])OCC[N+](C)(C)C)C(O)/C=C/CC/C=C/CCCCCCCCCCCCCCCC. The van der Waals surface area contributed by atoms with E-state index in [9.17, 15) is 19.4 Å². The average molecular weight is 1140 g/mol. The van der Waals surface area contributed by atoms with Crippen molar-refractivity contribution in [1.82, 2.24) is 5.32 Å². The third-order valence-corrected chi connectivity index (χ3v) is 14.7. The number of nitrogens with one attached hydrogen (secondary N) is 1. The van der Waals surface area contributed by atoms with E-state index in [1.807, 2.05) is 27.2 Å². The van der Waals surface area contributed by atoms with Gasteiger partial charge >= 0.3 is 0 Å². The summed E-state index contributed by atoms with van der Waals surface area (Å²) in [4.78, 5) is 25.6. The van der Waals surface area contributed by atoms with Crippen molar-refractivity contribution in [2.45, 2.75) is 264 Å². The van der Waals surface area contributed by atoms with E-state index in [1.165, 1.54) is 116 Å². The molecule has 0 aromatic rings. The Kier molecular flexibility index (Phi) is 58.2. The van der Waals surface area contributed by atoms with Crippen LogP contribution in [0.5, 0.6) is 0 Å². The Labute approximate surface area is 499 Å². The van der Waals surface area contributed by atoms with E-state index < -0.39 is 26.6 Å². The fourth-order valence-electron chi connectivity index (χ4n) is 8.73. The smallest absolute Gasteiger partial charge is 0.268 e. The summed E-state index contributed by atoms with van der Waals surface area (Å²) >= 11 is 0. The number of unbranched alkanes of at least 4 members (excludes halogenated alkanes) is 23. The van der Waals surface area contributed by atoms with Crippen molar-refractivity contribution >= 4 is 13.7 Å². The molecule has 2 N–H and O–H groups in total. The van der Waals surface area contributed by atoms with E-state index in [0.717, 1.165) is 116 Å². The monoisotopic (exact) mass is 1140 g/mol. The highest BCUT2D eigenvalue weighted by Gasteiger charge is 2.23.